The van der Waals surface area contributed by atoms with Gasteiger partial charge in [-0.25, -0.2) is 0 Å². The van der Waals surface area contributed by atoms with Gasteiger partial charge in [0, 0.05) is 36.3 Å². The predicted molar refractivity (Wildman–Crippen MR) is 182 cm³/mol. The lowest BCUT2D eigenvalue weighted by Crippen LogP contribution is -1.91. The number of thiophene rings is 1. The zero-order chi connectivity index (χ0) is 28.1. The van der Waals surface area contributed by atoms with E-state index < -0.39 is 0 Å². The van der Waals surface area contributed by atoms with Crippen molar-refractivity contribution in [2.75, 3.05) is 0 Å². The molecule has 3 aromatic heterocycles. The van der Waals surface area contributed by atoms with Crippen molar-refractivity contribution < 1.29 is 8.83 Å². The minimum Gasteiger partial charge on any atom is -0.464 e. The second-order valence-corrected chi connectivity index (χ2v) is 12.3. The van der Waals surface area contributed by atoms with Crippen molar-refractivity contribution in [2.45, 2.75) is 0 Å². The van der Waals surface area contributed by atoms with Gasteiger partial charge in [0.15, 0.2) is 0 Å². The molecule has 200 valence electrons. The van der Waals surface area contributed by atoms with Gasteiger partial charge in [0.1, 0.15) is 16.7 Å². The van der Waals surface area contributed by atoms with E-state index in [0.717, 1.165) is 32.9 Å². The highest BCUT2D eigenvalue weighted by Crippen LogP contribution is 2.49. The van der Waals surface area contributed by atoms with Gasteiger partial charge in [0.2, 0.25) is 0 Å². The van der Waals surface area contributed by atoms with Gasteiger partial charge in [0.25, 0.3) is 0 Å². The number of fused-ring (bicyclic) bond motifs is 9. The summed E-state index contributed by atoms with van der Waals surface area (Å²) < 4.78 is 14.9. The van der Waals surface area contributed by atoms with Crippen LogP contribution in [0.2, 0.25) is 0 Å². The van der Waals surface area contributed by atoms with E-state index in [1.54, 1.807) is 6.26 Å². The second-order valence-electron chi connectivity index (χ2n) is 11.2. The zero-order valence-corrected chi connectivity index (χ0v) is 23.7. The summed E-state index contributed by atoms with van der Waals surface area (Å²) in [6.07, 6.45) is 1.74. The van der Waals surface area contributed by atoms with Gasteiger partial charge in [-0.2, -0.15) is 0 Å². The van der Waals surface area contributed by atoms with Crippen LogP contribution in [0.5, 0.6) is 0 Å². The Morgan fingerprint density at radius 1 is 0.419 bits per heavy atom. The van der Waals surface area contributed by atoms with Gasteiger partial charge in [-0.1, -0.05) is 91.0 Å². The molecule has 43 heavy (non-hydrogen) atoms. The van der Waals surface area contributed by atoms with Crippen molar-refractivity contribution in [3.8, 4) is 22.3 Å². The lowest BCUT2D eigenvalue weighted by Gasteiger charge is -2.19. The van der Waals surface area contributed by atoms with E-state index in [1.165, 1.54) is 64.0 Å². The van der Waals surface area contributed by atoms with Gasteiger partial charge in [-0.3, -0.25) is 0 Å². The van der Waals surface area contributed by atoms with Crippen LogP contribution in [0.15, 0.2) is 142 Å². The first kappa shape index (κ1) is 23.2. The van der Waals surface area contributed by atoms with E-state index in [1.807, 2.05) is 17.4 Å². The second kappa shape index (κ2) is 8.57. The van der Waals surface area contributed by atoms with Gasteiger partial charge in [0.05, 0.1) is 6.26 Å². The van der Waals surface area contributed by atoms with Crippen molar-refractivity contribution in [2.24, 2.45) is 0 Å². The summed E-state index contributed by atoms with van der Waals surface area (Å²) in [5.41, 5.74) is 7.58. The molecule has 0 N–H and O–H groups in total. The first-order valence-electron chi connectivity index (χ1n) is 14.5. The topological polar surface area (TPSA) is 26.3 Å². The molecule has 7 aromatic carbocycles. The summed E-state index contributed by atoms with van der Waals surface area (Å²) in [7, 11) is 0. The van der Waals surface area contributed by atoms with Crippen LogP contribution >= 0.6 is 11.3 Å². The van der Waals surface area contributed by atoms with Crippen LogP contribution in [-0.2, 0) is 0 Å². The molecule has 10 aromatic rings. The SMILES string of the molecule is c1cc(-c2c3ccccc3c(-c3cccc4sc5ccccc5c34)c3ccccc23)c2c(c1)oc1cc3ccoc3cc12. The van der Waals surface area contributed by atoms with E-state index >= 15 is 0 Å². The van der Waals surface area contributed by atoms with Crippen LogP contribution in [-0.4, -0.2) is 0 Å². The Morgan fingerprint density at radius 2 is 1.02 bits per heavy atom. The third-order valence-corrected chi connectivity index (χ3v) is 10.1. The van der Waals surface area contributed by atoms with Crippen molar-refractivity contribution >= 4 is 86.0 Å². The Bertz CT molecular complexity index is 2680. The molecule has 3 heterocycles. The summed E-state index contributed by atoms with van der Waals surface area (Å²) in [5.74, 6) is 0. The standard InChI is InChI=1S/C40H22O2S/c1-3-11-26-24(9-1)37(29-14-7-16-32-39(29)31-22-33-23(19-20-41-33)21-34(31)42-32)25-10-2-4-12-27(25)38(26)30-15-8-18-36-40(30)28-13-5-6-17-35(28)43-36/h1-22H. The van der Waals surface area contributed by atoms with Gasteiger partial charge < -0.3 is 8.83 Å². The molecule has 0 aliphatic rings. The highest BCUT2D eigenvalue weighted by Gasteiger charge is 2.22. The minimum atomic E-state index is 0.867. The number of benzene rings is 7. The Morgan fingerprint density at radius 3 is 1.74 bits per heavy atom. The molecule has 0 fully saturated rings. The zero-order valence-electron chi connectivity index (χ0n) is 22.9. The van der Waals surface area contributed by atoms with Crippen LogP contribution < -0.4 is 0 Å². The fourth-order valence-corrected chi connectivity index (χ4v) is 8.31. The molecule has 0 unspecified atom stereocenters. The molecule has 0 amide bonds. The molecule has 0 atom stereocenters. The monoisotopic (exact) mass is 566 g/mol. The van der Waals surface area contributed by atoms with Crippen LogP contribution in [0.1, 0.15) is 0 Å². The van der Waals surface area contributed by atoms with Gasteiger partial charge in [-0.15, -0.1) is 11.3 Å². The van der Waals surface area contributed by atoms with E-state index in [9.17, 15) is 0 Å². The summed E-state index contributed by atoms with van der Waals surface area (Å²) in [6.45, 7) is 0. The first-order chi connectivity index (χ1) is 21.3. The normalized spacial score (nSPS) is 12.2. The van der Waals surface area contributed by atoms with E-state index in [-0.39, 0.29) is 0 Å². The molecule has 0 bridgehead atoms. The van der Waals surface area contributed by atoms with Crippen LogP contribution in [0.25, 0.3) is 96.9 Å². The largest absolute Gasteiger partial charge is 0.464 e. The highest BCUT2D eigenvalue weighted by molar-refractivity contribution is 7.25. The molecule has 0 saturated carbocycles. The molecule has 0 aliphatic heterocycles. The maximum Gasteiger partial charge on any atom is 0.136 e. The molecule has 2 nitrogen and oxygen atoms in total. The summed E-state index contributed by atoms with van der Waals surface area (Å²) in [4.78, 5) is 0. The molecule has 3 heteroatoms. The van der Waals surface area contributed by atoms with Crippen LogP contribution in [0.3, 0.4) is 0 Å². The lowest BCUT2D eigenvalue weighted by atomic mass is 9.84. The maximum atomic E-state index is 6.45. The quantitative estimate of drug-likeness (QED) is 0.195. The first-order valence-corrected chi connectivity index (χ1v) is 15.3. The Balaban J connectivity index is 1.38. The van der Waals surface area contributed by atoms with E-state index in [2.05, 4.69) is 121 Å². The average Bonchev–Trinajstić information content (AvgIpc) is 3.77. The van der Waals surface area contributed by atoms with E-state index in [4.69, 9.17) is 8.83 Å². The van der Waals surface area contributed by atoms with Crippen LogP contribution in [0, 0.1) is 0 Å². The molecular weight excluding hydrogens is 545 g/mol. The highest BCUT2D eigenvalue weighted by atomic mass is 32.1. The van der Waals surface area contributed by atoms with Crippen LogP contribution in [0.4, 0.5) is 0 Å². The van der Waals surface area contributed by atoms with Gasteiger partial charge >= 0.3 is 0 Å². The maximum absolute atomic E-state index is 6.45. The predicted octanol–water partition coefficient (Wildman–Crippen LogP) is 12.3. The fourth-order valence-electron chi connectivity index (χ4n) is 7.18. The van der Waals surface area contributed by atoms with Crippen molar-refractivity contribution in [3.05, 3.63) is 134 Å². The average molecular weight is 567 g/mol. The third kappa shape index (κ3) is 3.17. The summed E-state index contributed by atoms with van der Waals surface area (Å²) in [5, 5.41) is 10.8. The molecule has 0 spiro atoms. The Labute approximate surface area is 250 Å². The Hall–Kier alpha value is -5.38. The molecule has 0 saturated heterocycles. The number of rotatable bonds is 2. The molecule has 0 aliphatic carbocycles. The van der Waals surface area contributed by atoms with Crippen molar-refractivity contribution in [1.29, 1.82) is 0 Å². The number of hydrogen-bond acceptors (Lipinski definition) is 3. The van der Waals surface area contributed by atoms with Crippen molar-refractivity contribution in [1.82, 2.24) is 0 Å². The lowest BCUT2D eigenvalue weighted by molar-refractivity contribution is 0.616. The van der Waals surface area contributed by atoms with E-state index in [0.29, 0.717) is 0 Å². The summed E-state index contributed by atoms with van der Waals surface area (Å²) in [6, 6.07) is 45.9. The summed E-state index contributed by atoms with van der Waals surface area (Å²) >= 11 is 1.87. The molecule has 10 rings (SSSR count). The number of hydrogen-bond donors (Lipinski definition) is 0. The van der Waals surface area contributed by atoms with Gasteiger partial charge in [-0.05, 0) is 80.2 Å². The smallest absolute Gasteiger partial charge is 0.136 e. The third-order valence-electron chi connectivity index (χ3n) is 8.94. The van der Waals surface area contributed by atoms with Crippen molar-refractivity contribution in [3.63, 3.8) is 0 Å². The molecular formula is C40H22O2S. The fraction of sp³-hybridized carbons (Fsp3) is 0. The Kier molecular flexibility index (Phi) is 4.63. The number of furan rings is 2. The minimum absolute atomic E-state index is 0.867. The molecule has 0 radical (unpaired) electrons.